The Labute approximate surface area is 189 Å². The molecule has 1 unspecified atom stereocenters. The quantitative estimate of drug-likeness (QED) is 0.563. The summed E-state index contributed by atoms with van der Waals surface area (Å²) < 4.78 is 0. The van der Waals surface area contributed by atoms with Crippen LogP contribution in [0.25, 0.3) is 0 Å². The molecule has 2 aromatic rings. The van der Waals surface area contributed by atoms with Gasteiger partial charge in [0, 0.05) is 40.4 Å². The number of benzene rings is 2. The van der Waals surface area contributed by atoms with Gasteiger partial charge in [-0.1, -0.05) is 40.9 Å². The molecule has 2 saturated heterocycles. The molecule has 0 radical (unpaired) electrons. The van der Waals surface area contributed by atoms with Gasteiger partial charge in [0.1, 0.15) is 0 Å². The molecule has 1 N–H and O–H groups in total. The summed E-state index contributed by atoms with van der Waals surface area (Å²) in [6.07, 6.45) is 5.40. The van der Waals surface area contributed by atoms with Crippen molar-refractivity contribution in [3.63, 3.8) is 0 Å². The molecule has 1 atom stereocenters. The summed E-state index contributed by atoms with van der Waals surface area (Å²) in [4.78, 5) is 4.65. The van der Waals surface area contributed by atoms with E-state index in [0.29, 0.717) is 11.1 Å². The second-order valence-corrected chi connectivity index (χ2v) is 9.16. The van der Waals surface area contributed by atoms with Crippen LogP contribution < -0.4 is 4.90 Å². The van der Waals surface area contributed by atoms with Crippen molar-refractivity contribution < 1.29 is 5.11 Å². The lowest BCUT2D eigenvalue weighted by Crippen LogP contribution is -2.33. The number of rotatable bonds is 2. The zero-order chi connectivity index (χ0) is 20.8. The highest BCUT2D eigenvalue weighted by molar-refractivity contribution is 6.35. The van der Waals surface area contributed by atoms with Gasteiger partial charge in [-0.2, -0.15) is 0 Å². The summed E-state index contributed by atoms with van der Waals surface area (Å²) in [7, 11) is 2.09. The number of likely N-dealkylation sites (tertiary alicyclic amines) is 1. The minimum atomic E-state index is -0.0220. The number of piperidine rings is 2. The summed E-state index contributed by atoms with van der Waals surface area (Å²) in [6.45, 7) is 3.15. The lowest BCUT2D eigenvalue weighted by molar-refractivity contribution is 0.0943. The Morgan fingerprint density at radius 2 is 1.48 bits per heavy atom. The first-order chi connectivity index (χ1) is 13.9. The van der Waals surface area contributed by atoms with Crippen LogP contribution in [-0.2, 0) is 0 Å². The Bertz CT molecular complexity index is 766. The van der Waals surface area contributed by atoms with Gasteiger partial charge in [-0.15, -0.1) is 0 Å². The van der Waals surface area contributed by atoms with Crippen LogP contribution in [0.2, 0.25) is 15.1 Å². The topological polar surface area (TPSA) is 26.7 Å². The molecule has 2 aliphatic rings. The molecule has 0 aliphatic carbocycles. The highest BCUT2D eigenvalue weighted by Gasteiger charge is 2.26. The lowest BCUT2D eigenvalue weighted by atomic mass is 9.94. The lowest BCUT2D eigenvalue weighted by Gasteiger charge is -2.38. The highest BCUT2D eigenvalue weighted by atomic mass is 35.5. The number of halogens is 3. The van der Waals surface area contributed by atoms with E-state index in [4.69, 9.17) is 39.9 Å². The fourth-order valence-corrected chi connectivity index (χ4v) is 4.62. The molecule has 0 saturated carbocycles. The minimum Gasteiger partial charge on any atom is -0.393 e. The van der Waals surface area contributed by atoms with Crippen molar-refractivity contribution in [2.45, 2.75) is 44.2 Å². The summed E-state index contributed by atoms with van der Waals surface area (Å²) in [5.74, 6) is 0. The van der Waals surface area contributed by atoms with E-state index < -0.39 is 0 Å². The third-order valence-electron chi connectivity index (χ3n) is 5.67. The molecule has 0 spiro atoms. The minimum absolute atomic E-state index is 0.0220. The van der Waals surface area contributed by atoms with Crippen molar-refractivity contribution in [2.24, 2.45) is 0 Å². The van der Waals surface area contributed by atoms with Gasteiger partial charge in [0.2, 0.25) is 0 Å². The molecular weight excluding hydrogens is 427 g/mol. The monoisotopic (exact) mass is 454 g/mol. The van der Waals surface area contributed by atoms with E-state index in [1.165, 1.54) is 18.5 Å². The normalized spacial score (nSPS) is 20.9. The van der Waals surface area contributed by atoms with Gasteiger partial charge in [0.15, 0.2) is 0 Å². The molecule has 4 rings (SSSR count). The second-order valence-electron chi connectivity index (χ2n) is 7.88. The van der Waals surface area contributed by atoms with Crippen molar-refractivity contribution in [3.8, 4) is 0 Å². The molecular formula is C23H29Cl3N2O. The molecule has 2 aromatic carbocycles. The third-order valence-corrected chi connectivity index (χ3v) is 6.49. The molecule has 2 fully saturated rings. The molecule has 0 bridgehead atoms. The Morgan fingerprint density at radius 1 is 0.828 bits per heavy atom. The molecule has 158 valence electrons. The van der Waals surface area contributed by atoms with E-state index in [2.05, 4.69) is 29.0 Å². The maximum atomic E-state index is 9.00. The number of nitrogens with zero attached hydrogens (tertiary/aromatic N) is 2. The molecule has 0 aromatic heterocycles. The third kappa shape index (κ3) is 6.50. The molecule has 6 heteroatoms. The van der Waals surface area contributed by atoms with Crippen molar-refractivity contribution in [3.05, 3.63) is 63.1 Å². The second kappa shape index (κ2) is 10.9. The maximum Gasteiger partial charge on any atom is 0.0564 e. The van der Waals surface area contributed by atoms with Crippen LogP contribution in [0.5, 0.6) is 0 Å². The predicted octanol–water partition coefficient (Wildman–Crippen LogP) is 6.45. The first-order valence-electron chi connectivity index (χ1n) is 10.3. The van der Waals surface area contributed by atoms with E-state index in [-0.39, 0.29) is 6.10 Å². The van der Waals surface area contributed by atoms with Gasteiger partial charge in [0.25, 0.3) is 0 Å². The summed E-state index contributed by atoms with van der Waals surface area (Å²) >= 11 is 18.4. The zero-order valence-corrected chi connectivity index (χ0v) is 19.1. The molecule has 29 heavy (non-hydrogen) atoms. The zero-order valence-electron chi connectivity index (χ0n) is 16.8. The number of anilines is 1. The summed E-state index contributed by atoms with van der Waals surface area (Å²) in [5, 5.41) is 11.2. The van der Waals surface area contributed by atoms with Gasteiger partial charge < -0.3 is 14.9 Å². The van der Waals surface area contributed by atoms with E-state index >= 15 is 0 Å². The van der Waals surface area contributed by atoms with Crippen molar-refractivity contribution in [1.82, 2.24) is 4.90 Å². The average Bonchev–Trinajstić information content (AvgIpc) is 2.72. The molecule has 0 amide bonds. The van der Waals surface area contributed by atoms with E-state index in [1.807, 2.05) is 30.3 Å². The fourth-order valence-electron chi connectivity index (χ4n) is 3.96. The van der Waals surface area contributed by atoms with Gasteiger partial charge in [-0.3, -0.25) is 0 Å². The van der Waals surface area contributed by atoms with Crippen molar-refractivity contribution >= 4 is 40.5 Å². The number of hydrogen-bond donors (Lipinski definition) is 1. The van der Waals surface area contributed by atoms with Crippen molar-refractivity contribution in [2.75, 3.05) is 31.6 Å². The van der Waals surface area contributed by atoms with Gasteiger partial charge in [-0.05, 0) is 81.1 Å². The molecule has 2 heterocycles. The first-order valence-corrected chi connectivity index (χ1v) is 11.4. The van der Waals surface area contributed by atoms with E-state index in [1.54, 1.807) is 0 Å². The number of aliphatic hydroxyl groups excluding tert-OH is 1. The van der Waals surface area contributed by atoms with Gasteiger partial charge in [0.05, 0.1) is 12.1 Å². The van der Waals surface area contributed by atoms with Crippen LogP contribution in [0.15, 0.2) is 42.5 Å². The predicted molar refractivity (Wildman–Crippen MR) is 125 cm³/mol. The number of hydrogen-bond acceptors (Lipinski definition) is 3. The Kier molecular flexibility index (Phi) is 8.52. The SMILES string of the molecule is CN1CCC(O)CC1.Clc1ccc(N2CCCCC2c2ccc(Cl)cc2Cl)cc1. The van der Waals surface area contributed by atoms with Crippen LogP contribution >= 0.6 is 34.8 Å². The Hall–Kier alpha value is -0.970. The average molecular weight is 456 g/mol. The Morgan fingerprint density at radius 3 is 2.10 bits per heavy atom. The van der Waals surface area contributed by atoms with Gasteiger partial charge >= 0.3 is 0 Å². The highest BCUT2D eigenvalue weighted by Crippen LogP contribution is 2.38. The Balaban J connectivity index is 0.000000252. The largest absolute Gasteiger partial charge is 0.393 e. The number of aliphatic hydroxyl groups is 1. The van der Waals surface area contributed by atoms with Crippen LogP contribution in [0.1, 0.15) is 43.7 Å². The molecule has 3 nitrogen and oxygen atoms in total. The van der Waals surface area contributed by atoms with Crippen LogP contribution in [0.4, 0.5) is 5.69 Å². The first kappa shape index (κ1) is 22.7. The van der Waals surface area contributed by atoms with Crippen LogP contribution in [-0.4, -0.2) is 42.8 Å². The van der Waals surface area contributed by atoms with Crippen LogP contribution in [0.3, 0.4) is 0 Å². The maximum absolute atomic E-state index is 9.00. The van der Waals surface area contributed by atoms with Crippen molar-refractivity contribution in [1.29, 1.82) is 0 Å². The van der Waals surface area contributed by atoms with Crippen LogP contribution in [0, 0.1) is 0 Å². The smallest absolute Gasteiger partial charge is 0.0564 e. The molecule has 2 aliphatic heterocycles. The summed E-state index contributed by atoms with van der Waals surface area (Å²) in [6, 6.07) is 14.1. The van der Waals surface area contributed by atoms with E-state index in [0.717, 1.165) is 54.5 Å². The fraction of sp³-hybridized carbons (Fsp3) is 0.478. The van der Waals surface area contributed by atoms with Gasteiger partial charge in [-0.25, -0.2) is 0 Å². The standard InChI is InChI=1S/C17H16Cl3N.C6H13NO/c18-12-4-7-14(8-5-12)21-10-2-1-3-17(21)15-9-6-13(19)11-16(15)20;1-7-4-2-6(8)3-5-7/h4-9,11,17H,1-3,10H2;6,8H,2-5H2,1H3. The van der Waals surface area contributed by atoms with E-state index in [9.17, 15) is 0 Å². The summed E-state index contributed by atoms with van der Waals surface area (Å²) in [5.41, 5.74) is 2.34.